The Morgan fingerprint density at radius 2 is 2.05 bits per heavy atom. The monoisotopic (exact) mass is 274 g/mol. The molecule has 3 rings (SSSR count). The van der Waals surface area contributed by atoms with Gasteiger partial charge in [-0.15, -0.1) is 0 Å². The van der Waals surface area contributed by atoms with Crippen molar-refractivity contribution in [2.45, 2.75) is 32.9 Å². The summed E-state index contributed by atoms with van der Waals surface area (Å²) in [6, 6.07) is 5.99. The van der Waals surface area contributed by atoms with E-state index in [4.69, 9.17) is 4.74 Å². The minimum atomic E-state index is 0.0346. The number of hydrogen-bond acceptors (Lipinski definition) is 3. The van der Waals surface area contributed by atoms with Crippen LogP contribution in [0.15, 0.2) is 18.2 Å². The number of carbonyl (C=O) groups excluding carboxylic acids is 1. The van der Waals surface area contributed by atoms with Gasteiger partial charge >= 0.3 is 0 Å². The van der Waals surface area contributed by atoms with E-state index in [0.29, 0.717) is 0 Å². The van der Waals surface area contributed by atoms with E-state index in [1.165, 1.54) is 11.1 Å². The predicted octanol–water partition coefficient (Wildman–Crippen LogP) is 1.84. The second-order valence-corrected chi connectivity index (χ2v) is 6.19. The predicted molar refractivity (Wildman–Crippen MR) is 77.5 cm³/mol. The molecule has 0 unspecified atom stereocenters. The van der Waals surface area contributed by atoms with Gasteiger partial charge in [0.05, 0.1) is 0 Å². The van der Waals surface area contributed by atoms with Crippen LogP contribution in [0.1, 0.15) is 41.3 Å². The topological polar surface area (TPSA) is 50.4 Å². The molecule has 1 fully saturated rings. The van der Waals surface area contributed by atoms with E-state index in [2.05, 4.69) is 23.6 Å². The third-order valence-electron chi connectivity index (χ3n) is 4.47. The van der Waals surface area contributed by atoms with Gasteiger partial charge in [-0.1, -0.05) is 13.0 Å². The minimum absolute atomic E-state index is 0.0346. The maximum absolute atomic E-state index is 12.3. The SMILES string of the molecule is CC1(CNC(=O)c2ccc3c(c2)CNC3)CCOCC1. The van der Waals surface area contributed by atoms with Crippen molar-refractivity contribution in [2.24, 2.45) is 5.41 Å². The smallest absolute Gasteiger partial charge is 0.251 e. The highest BCUT2D eigenvalue weighted by atomic mass is 16.5. The van der Waals surface area contributed by atoms with Gasteiger partial charge in [0, 0.05) is 38.4 Å². The van der Waals surface area contributed by atoms with Gasteiger partial charge in [0.15, 0.2) is 0 Å². The average molecular weight is 274 g/mol. The van der Waals surface area contributed by atoms with Gasteiger partial charge < -0.3 is 15.4 Å². The molecule has 0 atom stereocenters. The average Bonchev–Trinajstić information content (AvgIpc) is 2.93. The Hall–Kier alpha value is -1.39. The molecule has 1 aromatic rings. The first-order valence-corrected chi connectivity index (χ1v) is 7.35. The number of ether oxygens (including phenoxy) is 1. The summed E-state index contributed by atoms with van der Waals surface area (Å²) in [5.74, 6) is 0.0346. The zero-order valence-corrected chi connectivity index (χ0v) is 12.0. The van der Waals surface area contributed by atoms with Crippen molar-refractivity contribution >= 4 is 5.91 Å². The Kier molecular flexibility index (Phi) is 3.76. The Morgan fingerprint density at radius 1 is 1.30 bits per heavy atom. The molecule has 0 radical (unpaired) electrons. The number of amides is 1. The Morgan fingerprint density at radius 3 is 2.85 bits per heavy atom. The molecule has 0 bridgehead atoms. The Labute approximate surface area is 119 Å². The second kappa shape index (κ2) is 5.54. The van der Waals surface area contributed by atoms with Crippen LogP contribution in [-0.4, -0.2) is 25.7 Å². The van der Waals surface area contributed by atoms with Gasteiger partial charge in [0.1, 0.15) is 0 Å². The molecular weight excluding hydrogens is 252 g/mol. The normalized spacial score (nSPS) is 20.4. The molecule has 2 aliphatic rings. The summed E-state index contributed by atoms with van der Waals surface area (Å²) in [6.07, 6.45) is 2.03. The van der Waals surface area contributed by atoms with E-state index >= 15 is 0 Å². The second-order valence-electron chi connectivity index (χ2n) is 6.19. The van der Waals surface area contributed by atoms with Crippen molar-refractivity contribution in [1.82, 2.24) is 10.6 Å². The van der Waals surface area contributed by atoms with Crippen LogP contribution in [0.4, 0.5) is 0 Å². The highest BCUT2D eigenvalue weighted by Crippen LogP contribution is 2.28. The fourth-order valence-corrected chi connectivity index (χ4v) is 2.87. The van der Waals surface area contributed by atoms with Crippen molar-refractivity contribution in [1.29, 1.82) is 0 Å². The van der Waals surface area contributed by atoms with Crippen molar-refractivity contribution in [3.05, 3.63) is 34.9 Å². The van der Waals surface area contributed by atoms with Crippen LogP contribution in [0.5, 0.6) is 0 Å². The molecule has 2 heterocycles. The molecule has 4 heteroatoms. The van der Waals surface area contributed by atoms with Crippen LogP contribution in [-0.2, 0) is 17.8 Å². The quantitative estimate of drug-likeness (QED) is 0.884. The summed E-state index contributed by atoms with van der Waals surface area (Å²) in [6.45, 7) is 6.33. The molecule has 1 aromatic carbocycles. The van der Waals surface area contributed by atoms with Crippen molar-refractivity contribution in [3.63, 3.8) is 0 Å². The Balaban J connectivity index is 1.61. The van der Waals surface area contributed by atoms with E-state index in [0.717, 1.165) is 51.3 Å². The molecule has 2 N–H and O–H groups in total. The molecule has 0 saturated carbocycles. The van der Waals surface area contributed by atoms with Gasteiger partial charge in [-0.3, -0.25) is 4.79 Å². The summed E-state index contributed by atoms with van der Waals surface area (Å²) in [5, 5.41) is 6.38. The summed E-state index contributed by atoms with van der Waals surface area (Å²) in [4.78, 5) is 12.3. The van der Waals surface area contributed by atoms with Crippen molar-refractivity contribution in [2.75, 3.05) is 19.8 Å². The zero-order chi connectivity index (χ0) is 14.0. The lowest BCUT2D eigenvalue weighted by atomic mass is 9.82. The van der Waals surface area contributed by atoms with E-state index in [9.17, 15) is 4.79 Å². The van der Waals surface area contributed by atoms with Crippen LogP contribution in [0.3, 0.4) is 0 Å². The molecule has 0 aliphatic carbocycles. The lowest BCUT2D eigenvalue weighted by Gasteiger charge is -2.33. The number of rotatable bonds is 3. The van der Waals surface area contributed by atoms with Gasteiger partial charge in [0.2, 0.25) is 0 Å². The first-order chi connectivity index (χ1) is 9.66. The van der Waals surface area contributed by atoms with Crippen molar-refractivity contribution < 1.29 is 9.53 Å². The molecule has 4 nitrogen and oxygen atoms in total. The van der Waals surface area contributed by atoms with E-state index in [1.54, 1.807) is 0 Å². The third-order valence-corrected chi connectivity index (χ3v) is 4.47. The third kappa shape index (κ3) is 2.86. The number of nitrogens with one attached hydrogen (secondary N) is 2. The molecule has 1 saturated heterocycles. The van der Waals surface area contributed by atoms with Gasteiger partial charge in [0.25, 0.3) is 5.91 Å². The summed E-state index contributed by atoms with van der Waals surface area (Å²) in [7, 11) is 0. The van der Waals surface area contributed by atoms with Crippen LogP contribution < -0.4 is 10.6 Å². The molecule has 2 aliphatic heterocycles. The van der Waals surface area contributed by atoms with Crippen molar-refractivity contribution in [3.8, 4) is 0 Å². The summed E-state index contributed by atoms with van der Waals surface area (Å²) >= 11 is 0. The number of carbonyl (C=O) groups is 1. The van der Waals surface area contributed by atoms with E-state index in [1.807, 2.05) is 12.1 Å². The fraction of sp³-hybridized carbons (Fsp3) is 0.562. The standard InChI is InChI=1S/C16H22N2O2/c1-16(4-6-20-7-5-16)11-18-15(19)12-2-3-13-9-17-10-14(13)8-12/h2-3,8,17H,4-7,9-11H2,1H3,(H,18,19). The number of fused-ring (bicyclic) bond motifs is 1. The summed E-state index contributed by atoms with van der Waals surface area (Å²) < 4.78 is 5.39. The molecule has 0 aromatic heterocycles. The molecule has 1 amide bonds. The largest absolute Gasteiger partial charge is 0.381 e. The number of hydrogen-bond donors (Lipinski definition) is 2. The van der Waals surface area contributed by atoms with Crippen LogP contribution in [0, 0.1) is 5.41 Å². The number of benzene rings is 1. The van der Waals surface area contributed by atoms with E-state index < -0.39 is 0 Å². The first-order valence-electron chi connectivity index (χ1n) is 7.35. The van der Waals surface area contributed by atoms with Crippen LogP contribution in [0.25, 0.3) is 0 Å². The Bertz CT molecular complexity index is 507. The maximum Gasteiger partial charge on any atom is 0.251 e. The highest BCUT2D eigenvalue weighted by Gasteiger charge is 2.28. The molecule has 0 spiro atoms. The summed E-state index contributed by atoms with van der Waals surface area (Å²) in [5.41, 5.74) is 3.49. The zero-order valence-electron chi connectivity index (χ0n) is 12.0. The lowest BCUT2D eigenvalue weighted by Crippen LogP contribution is -2.39. The van der Waals surface area contributed by atoms with Crippen LogP contribution >= 0.6 is 0 Å². The van der Waals surface area contributed by atoms with E-state index in [-0.39, 0.29) is 11.3 Å². The fourth-order valence-electron chi connectivity index (χ4n) is 2.87. The van der Waals surface area contributed by atoms with Crippen LogP contribution in [0.2, 0.25) is 0 Å². The van der Waals surface area contributed by atoms with Gasteiger partial charge in [-0.25, -0.2) is 0 Å². The molecule has 20 heavy (non-hydrogen) atoms. The minimum Gasteiger partial charge on any atom is -0.381 e. The van der Waals surface area contributed by atoms with Gasteiger partial charge in [-0.05, 0) is 41.5 Å². The maximum atomic E-state index is 12.3. The van der Waals surface area contributed by atoms with Gasteiger partial charge in [-0.2, -0.15) is 0 Å². The lowest BCUT2D eigenvalue weighted by molar-refractivity contribution is 0.0238. The molecular formula is C16H22N2O2. The first kappa shape index (κ1) is 13.6. The highest BCUT2D eigenvalue weighted by molar-refractivity contribution is 5.94. The molecule has 108 valence electrons.